The Balaban J connectivity index is 0.00000169. The molecule has 2 N–H and O–H groups in total. The molecule has 7 heteroatoms. The zero-order chi connectivity index (χ0) is 15.6. The number of nitrogens with zero attached hydrogens (tertiary/aromatic N) is 3. The number of amides is 1. The second kappa shape index (κ2) is 7.85. The third-order valence-electron chi connectivity index (χ3n) is 5.70. The van der Waals surface area contributed by atoms with E-state index in [2.05, 4.69) is 20.4 Å². The number of aromatic nitrogens is 2. The van der Waals surface area contributed by atoms with Crippen molar-refractivity contribution < 1.29 is 4.79 Å². The molecule has 0 spiro atoms. The molecule has 3 heterocycles. The maximum absolute atomic E-state index is 12.8. The quantitative estimate of drug-likeness (QED) is 0.847. The first-order valence-corrected chi connectivity index (χ1v) is 9.13. The second-order valence-electron chi connectivity index (χ2n) is 7.08. The Kier molecular flexibility index (Phi) is 5.79. The Labute approximate surface area is 149 Å². The predicted octanol–water partition coefficient (Wildman–Crippen LogP) is 1.57. The first-order valence-electron chi connectivity index (χ1n) is 9.13. The summed E-state index contributed by atoms with van der Waals surface area (Å²) in [5, 5.41) is 10.7. The third-order valence-corrected chi connectivity index (χ3v) is 5.70. The van der Waals surface area contributed by atoms with Crippen LogP contribution in [0.2, 0.25) is 0 Å². The largest absolute Gasteiger partial charge is 0.335 e. The molecule has 2 aliphatic heterocycles. The van der Waals surface area contributed by atoms with Crippen molar-refractivity contribution in [3.63, 3.8) is 0 Å². The molecule has 1 aliphatic carbocycles. The summed E-state index contributed by atoms with van der Waals surface area (Å²) in [6.07, 6.45) is 7.75. The van der Waals surface area contributed by atoms with Gasteiger partial charge in [-0.15, -0.1) is 12.4 Å². The summed E-state index contributed by atoms with van der Waals surface area (Å²) in [6.45, 7) is 5.43. The highest BCUT2D eigenvalue weighted by Gasteiger charge is 2.30. The van der Waals surface area contributed by atoms with Crippen molar-refractivity contribution in [2.75, 3.05) is 32.7 Å². The van der Waals surface area contributed by atoms with Crippen molar-refractivity contribution in [2.24, 2.45) is 0 Å². The topological polar surface area (TPSA) is 64.3 Å². The molecule has 24 heavy (non-hydrogen) atoms. The summed E-state index contributed by atoms with van der Waals surface area (Å²) in [7, 11) is 0. The summed E-state index contributed by atoms with van der Waals surface area (Å²) in [5.41, 5.74) is 2.85. The summed E-state index contributed by atoms with van der Waals surface area (Å²) >= 11 is 0. The van der Waals surface area contributed by atoms with Crippen LogP contribution in [-0.4, -0.2) is 64.7 Å². The van der Waals surface area contributed by atoms with E-state index in [-0.39, 0.29) is 18.3 Å². The van der Waals surface area contributed by atoms with E-state index >= 15 is 0 Å². The molecule has 1 amide bonds. The maximum Gasteiger partial charge on any atom is 0.274 e. The maximum atomic E-state index is 12.8. The van der Waals surface area contributed by atoms with Gasteiger partial charge in [0.15, 0.2) is 5.69 Å². The molecule has 1 saturated carbocycles. The van der Waals surface area contributed by atoms with Gasteiger partial charge in [0, 0.05) is 63.0 Å². The third kappa shape index (κ3) is 3.46. The average Bonchev–Trinajstić information content (AvgIpc) is 3.06. The highest BCUT2D eigenvalue weighted by Crippen LogP contribution is 2.24. The average molecular weight is 354 g/mol. The Morgan fingerprint density at radius 3 is 2.58 bits per heavy atom. The molecule has 3 aliphatic rings. The van der Waals surface area contributed by atoms with E-state index in [1.54, 1.807) is 0 Å². The number of piperazine rings is 1. The summed E-state index contributed by atoms with van der Waals surface area (Å²) in [6, 6.07) is 0.753. The number of carbonyl (C=O) groups is 1. The number of rotatable bonds is 2. The van der Waals surface area contributed by atoms with Gasteiger partial charge in [-0.25, -0.2) is 0 Å². The lowest BCUT2D eigenvalue weighted by atomic mass is 9.94. The Hall–Kier alpha value is -1.11. The van der Waals surface area contributed by atoms with E-state index in [1.165, 1.54) is 32.1 Å². The Bertz CT molecular complexity index is 561. The molecule has 0 atom stereocenters. The van der Waals surface area contributed by atoms with Gasteiger partial charge >= 0.3 is 0 Å². The zero-order valence-electron chi connectivity index (χ0n) is 14.2. The number of aromatic amines is 1. The normalized spacial score (nSPS) is 22.8. The van der Waals surface area contributed by atoms with Gasteiger partial charge in [-0.3, -0.25) is 14.8 Å². The van der Waals surface area contributed by atoms with Crippen LogP contribution >= 0.6 is 12.4 Å². The fourth-order valence-corrected chi connectivity index (χ4v) is 4.29. The molecule has 1 aromatic rings. The summed E-state index contributed by atoms with van der Waals surface area (Å²) in [4.78, 5) is 17.4. The lowest BCUT2D eigenvalue weighted by Gasteiger charge is -2.40. The molecule has 0 bridgehead atoms. The molecule has 6 nitrogen and oxygen atoms in total. The van der Waals surface area contributed by atoms with Crippen LogP contribution in [-0.2, 0) is 13.0 Å². The van der Waals surface area contributed by atoms with Crippen LogP contribution in [0.15, 0.2) is 0 Å². The molecule has 0 radical (unpaired) electrons. The van der Waals surface area contributed by atoms with Crippen LogP contribution in [0.3, 0.4) is 0 Å². The van der Waals surface area contributed by atoms with Crippen LogP contribution in [0.25, 0.3) is 0 Å². The molecule has 1 saturated heterocycles. The number of hydrogen-bond acceptors (Lipinski definition) is 4. The van der Waals surface area contributed by atoms with Crippen LogP contribution < -0.4 is 5.32 Å². The van der Waals surface area contributed by atoms with Crippen LogP contribution in [0.1, 0.15) is 53.8 Å². The minimum atomic E-state index is 0. The molecular weight excluding hydrogens is 326 g/mol. The number of H-pyrrole nitrogens is 1. The summed E-state index contributed by atoms with van der Waals surface area (Å²) in [5.74, 6) is 0.106. The fraction of sp³-hybridized carbons (Fsp3) is 0.765. The van der Waals surface area contributed by atoms with E-state index in [0.717, 1.165) is 63.0 Å². The van der Waals surface area contributed by atoms with Gasteiger partial charge in [0.2, 0.25) is 0 Å². The second-order valence-corrected chi connectivity index (χ2v) is 7.08. The van der Waals surface area contributed by atoms with E-state index in [9.17, 15) is 4.79 Å². The lowest BCUT2D eigenvalue weighted by Crippen LogP contribution is -2.52. The molecular formula is C17H28ClN5O. The van der Waals surface area contributed by atoms with Crippen LogP contribution in [0.4, 0.5) is 0 Å². The van der Waals surface area contributed by atoms with Crippen molar-refractivity contribution in [2.45, 2.75) is 51.1 Å². The van der Waals surface area contributed by atoms with Gasteiger partial charge in [0.25, 0.3) is 5.91 Å². The molecule has 1 aromatic heterocycles. The van der Waals surface area contributed by atoms with Crippen molar-refractivity contribution >= 4 is 18.3 Å². The summed E-state index contributed by atoms with van der Waals surface area (Å²) < 4.78 is 0. The molecule has 0 aromatic carbocycles. The monoisotopic (exact) mass is 353 g/mol. The van der Waals surface area contributed by atoms with Gasteiger partial charge in [-0.2, -0.15) is 5.10 Å². The van der Waals surface area contributed by atoms with E-state index in [4.69, 9.17) is 0 Å². The number of carbonyl (C=O) groups excluding carboxylic acids is 1. The number of fused-ring (bicyclic) bond motifs is 1. The van der Waals surface area contributed by atoms with Gasteiger partial charge in [0.05, 0.1) is 0 Å². The van der Waals surface area contributed by atoms with E-state index in [0.29, 0.717) is 5.69 Å². The van der Waals surface area contributed by atoms with Crippen molar-refractivity contribution in [1.82, 2.24) is 25.3 Å². The Morgan fingerprint density at radius 1 is 1.08 bits per heavy atom. The zero-order valence-corrected chi connectivity index (χ0v) is 15.0. The van der Waals surface area contributed by atoms with Gasteiger partial charge in [0.1, 0.15) is 0 Å². The van der Waals surface area contributed by atoms with Crippen LogP contribution in [0, 0.1) is 0 Å². The lowest BCUT2D eigenvalue weighted by molar-refractivity contribution is 0.0517. The smallest absolute Gasteiger partial charge is 0.274 e. The number of nitrogens with one attached hydrogen (secondary N) is 2. The molecule has 2 fully saturated rings. The first-order chi connectivity index (χ1) is 11.3. The van der Waals surface area contributed by atoms with Crippen molar-refractivity contribution in [3.05, 3.63) is 17.0 Å². The Morgan fingerprint density at radius 2 is 1.83 bits per heavy atom. The molecule has 0 unspecified atom stereocenters. The van der Waals surface area contributed by atoms with Gasteiger partial charge in [-0.05, 0) is 12.8 Å². The number of hydrogen-bond donors (Lipinski definition) is 2. The van der Waals surface area contributed by atoms with Gasteiger partial charge < -0.3 is 10.2 Å². The fourth-order valence-electron chi connectivity index (χ4n) is 4.29. The van der Waals surface area contributed by atoms with E-state index in [1.807, 2.05) is 4.90 Å². The minimum Gasteiger partial charge on any atom is -0.335 e. The molecule has 134 valence electrons. The SMILES string of the molecule is Cl.O=C(c1n[nH]c2c1CNCC2)N1CCN(C2CCCCC2)CC1. The van der Waals surface area contributed by atoms with Crippen LogP contribution in [0.5, 0.6) is 0 Å². The highest BCUT2D eigenvalue weighted by atomic mass is 35.5. The number of halogens is 1. The van der Waals surface area contributed by atoms with Crippen molar-refractivity contribution in [1.29, 1.82) is 0 Å². The predicted molar refractivity (Wildman–Crippen MR) is 95.6 cm³/mol. The highest BCUT2D eigenvalue weighted by molar-refractivity contribution is 5.94. The first kappa shape index (κ1) is 17.7. The molecule has 4 rings (SSSR count). The standard InChI is InChI=1S/C17H27N5O.ClH/c23-17(16-14-12-18-7-6-15(14)19-20-16)22-10-8-21(9-11-22)13-4-2-1-3-5-13;/h13,18H,1-12H2,(H,19,20);1H. The van der Waals surface area contributed by atoms with E-state index < -0.39 is 0 Å². The van der Waals surface area contributed by atoms with Gasteiger partial charge in [-0.1, -0.05) is 19.3 Å². The van der Waals surface area contributed by atoms with Crippen molar-refractivity contribution in [3.8, 4) is 0 Å². The minimum absolute atomic E-state index is 0.